The van der Waals surface area contributed by atoms with Crippen molar-refractivity contribution >= 4 is 0 Å². The molecule has 2 atom stereocenters. The molecule has 1 nitrogen and oxygen atoms in total. The monoisotopic (exact) mass is 245 g/mol. The van der Waals surface area contributed by atoms with Crippen LogP contribution in [0, 0.1) is 5.41 Å². The minimum Gasteiger partial charge on any atom is -0.316 e. The molecule has 100 valence electrons. The van der Waals surface area contributed by atoms with E-state index in [9.17, 15) is 0 Å². The van der Waals surface area contributed by atoms with Crippen LogP contribution >= 0.6 is 0 Å². The summed E-state index contributed by atoms with van der Waals surface area (Å²) in [6, 6.07) is 9.62. The highest BCUT2D eigenvalue weighted by atomic mass is 14.9. The van der Waals surface area contributed by atoms with Crippen LogP contribution in [0.2, 0.25) is 0 Å². The first-order chi connectivity index (χ1) is 8.51. The highest BCUT2D eigenvalue weighted by molar-refractivity contribution is 5.36. The van der Waals surface area contributed by atoms with E-state index in [1.54, 1.807) is 11.1 Å². The van der Waals surface area contributed by atoms with Gasteiger partial charge in [0.15, 0.2) is 0 Å². The van der Waals surface area contributed by atoms with E-state index in [-0.39, 0.29) is 0 Å². The standard InChI is InChI=1S/C17H27N/c1-17(2,3)12-11-16(18-4)15-10-9-13-7-5-6-8-14(13)15/h5-8,15-16,18H,9-12H2,1-4H3. The molecule has 0 saturated carbocycles. The third kappa shape index (κ3) is 3.14. The van der Waals surface area contributed by atoms with Gasteiger partial charge in [0.2, 0.25) is 0 Å². The zero-order valence-electron chi connectivity index (χ0n) is 12.3. The average Bonchev–Trinajstić information content (AvgIpc) is 2.73. The zero-order chi connectivity index (χ0) is 13.2. The highest BCUT2D eigenvalue weighted by Crippen LogP contribution is 2.37. The lowest BCUT2D eigenvalue weighted by molar-refractivity contribution is 0.316. The molecule has 2 unspecified atom stereocenters. The molecule has 1 aromatic carbocycles. The van der Waals surface area contributed by atoms with Gasteiger partial charge in [0.05, 0.1) is 0 Å². The fourth-order valence-electron chi connectivity index (χ4n) is 3.14. The molecule has 1 aliphatic carbocycles. The first-order valence-electron chi connectivity index (χ1n) is 7.26. The summed E-state index contributed by atoms with van der Waals surface area (Å²) in [5, 5.41) is 3.56. The largest absolute Gasteiger partial charge is 0.316 e. The fraction of sp³-hybridized carbons (Fsp3) is 0.647. The molecule has 0 aromatic heterocycles. The van der Waals surface area contributed by atoms with Crippen molar-refractivity contribution in [2.24, 2.45) is 5.41 Å². The lowest BCUT2D eigenvalue weighted by atomic mass is 9.83. The number of likely N-dealkylation sites (N-methyl/N-ethyl adjacent to an activating group) is 1. The normalized spacial score (nSPS) is 20.8. The van der Waals surface area contributed by atoms with Gasteiger partial charge < -0.3 is 5.32 Å². The van der Waals surface area contributed by atoms with Gasteiger partial charge in [0.1, 0.15) is 0 Å². The van der Waals surface area contributed by atoms with Crippen molar-refractivity contribution in [1.29, 1.82) is 0 Å². The Morgan fingerprint density at radius 3 is 2.67 bits per heavy atom. The van der Waals surface area contributed by atoms with Gasteiger partial charge in [-0.15, -0.1) is 0 Å². The van der Waals surface area contributed by atoms with E-state index in [4.69, 9.17) is 0 Å². The summed E-state index contributed by atoms with van der Waals surface area (Å²) in [7, 11) is 2.12. The average molecular weight is 245 g/mol. The fourth-order valence-corrected chi connectivity index (χ4v) is 3.14. The molecule has 0 amide bonds. The first-order valence-corrected chi connectivity index (χ1v) is 7.26. The first kappa shape index (κ1) is 13.6. The van der Waals surface area contributed by atoms with Gasteiger partial charge in [0.25, 0.3) is 0 Å². The van der Waals surface area contributed by atoms with E-state index in [1.165, 1.54) is 25.7 Å². The minimum absolute atomic E-state index is 0.438. The lowest BCUT2D eigenvalue weighted by Gasteiger charge is -2.27. The molecule has 0 fully saturated rings. The number of aryl methyl sites for hydroxylation is 1. The molecule has 1 aliphatic rings. The van der Waals surface area contributed by atoms with Crippen molar-refractivity contribution < 1.29 is 0 Å². The van der Waals surface area contributed by atoms with Crippen LogP contribution in [-0.4, -0.2) is 13.1 Å². The van der Waals surface area contributed by atoms with Crippen LogP contribution in [0.15, 0.2) is 24.3 Å². The molecule has 1 heteroatoms. The maximum atomic E-state index is 3.56. The Labute approximate surface area is 112 Å². The molecule has 0 heterocycles. The van der Waals surface area contributed by atoms with Crippen LogP contribution < -0.4 is 5.32 Å². The van der Waals surface area contributed by atoms with Gasteiger partial charge in [0, 0.05) is 6.04 Å². The number of hydrogen-bond acceptors (Lipinski definition) is 1. The molecular weight excluding hydrogens is 218 g/mol. The van der Waals surface area contributed by atoms with Gasteiger partial charge >= 0.3 is 0 Å². The quantitative estimate of drug-likeness (QED) is 0.841. The Morgan fingerprint density at radius 1 is 1.28 bits per heavy atom. The molecule has 0 radical (unpaired) electrons. The lowest BCUT2D eigenvalue weighted by Crippen LogP contribution is -2.32. The number of fused-ring (bicyclic) bond motifs is 1. The topological polar surface area (TPSA) is 12.0 Å². The molecule has 18 heavy (non-hydrogen) atoms. The summed E-state index contributed by atoms with van der Waals surface area (Å²) in [5.74, 6) is 0.716. The Hall–Kier alpha value is -0.820. The van der Waals surface area contributed by atoms with Gasteiger partial charge in [-0.25, -0.2) is 0 Å². The van der Waals surface area contributed by atoms with Gasteiger partial charge in [-0.2, -0.15) is 0 Å². The zero-order valence-corrected chi connectivity index (χ0v) is 12.3. The Balaban J connectivity index is 2.06. The number of benzene rings is 1. The number of hydrogen-bond donors (Lipinski definition) is 1. The molecule has 2 rings (SSSR count). The van der Waals surface area contributed by atoms with Gasteiger partial charge in [-0.1, -0.05) is 45.0 Å². The van der Waals surface area contributed by atoms with E-state index < -0.39 is 0 Å². The van der Waals surface area contributed by atoms with Crippen molar-refractivity contribution in [3.8, 4) is 0 Å². The Bertz CT molecular complexity index is 389. The molecule has 0 saturated heterocycles. The van der Waals surface area contributed by atoms with Crippen molar-refractivity contribution in [2.45, 2.75) is 58.4 Å². The van der Waals surface area contributed by atoms with Crippen LogP contribution in [0.1, 0.15) is 57.1 Å². The van der Waals surface area contributed by atoms with Crippen LogP contribution in [0.25, 0.3) is 0 Å². The van der Waals surface area contributed by atoms with Crippen molar-refractivity contribution in [2.75, 3.05) is 7.05 Å². The summed E-state index contributed by atoms with van der Waals surface area (Å²) in [6.07, 6.45) is 5.14. The summed E-state index contributed by atoms with van der Waals surface area (Å²) < 4.78 is 0. The van der Waals surface area contributed by atoms with Crippen molar-refractivity contribution in [3.63, 3.8) is 0 Å². The molecule has 0 bridgehead atoms. The summed E-state index contributed by atoms with van der Waals surface area (Å²) in [6.45, 7) is 7.01. The number of rotatable bonds is 4. The molecule has 0 spiro atoms. The second-order valence-corrected chi connectivity index (χ2v) is 6.84. The Kier molecular flexibility index (Phi) is 4.11. The molecular formula is C17H27N. The van der Waals surface area contributed by atoms with Crippen LogP contribution in [0.4, 0.5) is 0 Å². The van der Waals surface area contributed by atoms with Crippen molar-refractivity contribution in [1.82, 2.24) is 5.32 Å². The third-order valence-corrected chi connectivity index (χ3v) is 4.24. The smallest absolute Gasteiger partial charge is 0.0133 e. The van der Waals surface area contributed by atoms with Gasteiger partial charge in [-0.3, -0.25) is 0 Å². The van der Waals surface area contributed by atoms with Crippen LogP contribution in [0.3, 0.4) is 0 Å². The summed E-state index contributed by atoms with van der Waals surface area (Å²) >= 11 is 0. The maximum absolute atomic E-state index is 3.56. The minimum atomic E-state index is 0.438. The highest BCUT2D eigenvalue weighted by Gasteiger charge is 2.29. The SMILES string of the molecule is CNC(CCC(C)(C)C)C1CCc2ccccc21. The second-order valence-electron chi connectivity index (χ2n) is 6.84. The summed E-state index contributed by atoms with van der Waals surface area (Å²) in [4.78, 5) is 0. The third-order valence-electron chi connectivity index (χ3n) is 4.24. The predicted molar refractivity (Wildman–Crippen MR) is 79.0 cm³/mol. The number of nitrogens with one attached hydrogen (secondary N) is 1. The van der Waals surface area contributed by atoms with E-state index in [0.717, 1.165) is 0 Å². The second kappa shape index (κ2) is 5.44. The molecule has 0 aliphatic heterocycles. The molecule has 1 aromatic rings. The Morgan fingerprint density at radius 2 is 2.00 bits per heavy atom. The molecule has 1 N–H and O–H groups in total. The maximum Gasteiger partial charge on any atom is 0.0133 e. The van der Waals surface area contributed by atoms with Crippen LogP contribution in [0.5, 0.6) is 0 Å². The van der Waals surface area contributed by atoms with E-state index >= 15 is 0 Å². The van der Waals surface area contributed by atoms with Crippen molar-refractivity contribution in [3.05, 3.63) is 35.4 Å². The van der Waals surface area contributed by atoms with E-state index in [1.807, 2.05) is 0 Å². The van der Waals surface area contributed by atoms with Gasteiger partial charge in [-0.05, 0) is 55.2 Å². The van der Waals surface area contributed by atoms with Crippen LogP contribution in [-0.2, 0) is 6.42 Å². The van der Waals surface area contributed by atoms with E-state index in [2.05, 4.69) is 57.4 Å². The van der Waals surface area contributed by atoms with E-state index in [0.29, 0.717) is 17.4 Å². The summed E-state index contributed by atoms with van der Waals surface area (Å²) in [5.41, 5.74) is 3.59. The predicted octanol–water partition coefficient (Wildman–Crippen LogP) is 4.13.